The van der Waals surface area contributed by atoms with Crippen LogP contribution in [0.2, 0.25) is 10.0 Å². The molecule has 0 fully saturated rings. The van der Waals surface area contributed by atoms with Gasteiger partial charge < -0.3 is 19.7 Å². The summed E-state index contributed by atoms with van der Waals surface area (Å²) < 4.78 is 37.5. The minimum atomic E-state index is -3.68. The molecule has 0 aliphatic carbocycles. The van der Waals surface area contributed by atoms with Crippen molar-refractivity contribution < 1.29 is 27.5 Å². The van der Waals surface area contributed by atoms with Crippen molar-refractivity contribution in [3.05, 3.63) is 87.9 Å². The van der Waals surface area contributed by atoms with Gasteiger partial charge in [0, 0.05) is 38.0 Å². The van der Waals surface area contributed by atoms with Crippen molar-refractivity contribution in [1.82, 2.24) is 10.2 Å². The summed E-state index contributed by atoms with van der Waals surface area (Å²) in [5, 5.41) is 3.76. The number of fused-ring (bicyclic) bond motifs is 1. The van der Waals surface area contributed by atoms with Crippen molar-refractivity contribution in [2.45, 2.75) is 58.2 Å². The van der Waals surface area contributed by atoms with Gasteiger partial charge in [-0.25, -0.2) is 8.42 Å². The lowest BCUT2D eigenvalue weighted by atomic mass is 10.0. The molecule has 0 saturated heterocycles. The molecule has 1 aliphatic heterocycles. The maximum Gasteiger partial charge on any atom is 0.243 e. The second-order valence-electron chi connectivity index (χ2n) is 10.8. The smallest absolute Gasteiger partial charge is 0.243 e. The van der Waals surface area contributed by atoms with E-state index in [1.54, 1.807) is 41.3 Å². The van der Waals surface area contributed by atoms with E-state index in [0.29, 0.717) is 39.2 Å². The second kappa shape index (κ2) is 15.0. The molecule has 0 saturated carbocycles. The number of nitrogens with one attached hydrogen (secondary N) is 1. The fourth-order valence-corrected chi connectivity index (χ4v) is 6.15. The molecule has 2 atom stereocenters. The first-order valence-electron chi connectivity index (χ1n) is 14.4. The van der Waals surface area contributed by atoms with Crippen molar-refractivity contribution in [3.8, 4) is 11.5 Å². The van der Waals surface area contributed by atoms with Gasteiger partial charge in [-0.05, 0) is 55.2 Å². The van der Waals surface area contributed by atoms with Crippen LogP contribution in [0.15, 0.2) is 66.7 Å². The summed E-state index contributed by atoms with van der Waals surface area (Å²) in [6.45, 7) is 4.11. The summed E-state index contributed by atoms with van der Waals surface area (Å²) in [5.41, 5.74) is 2.02. The summed E-state index contributed by atoms with van der Waals surface area (Å²) in [5.74, 6) is 0.428. The molecule has 1 heterocycles. The Balaban J connectivity index is 1.60. The number of amides is 2. The third kappa shape index (κ3) is 8.80. The highest BCUT2D eigenvalue weighted by atomic mass is 35.5. The number of hydrogen-bond donors (Lipinski definition) is 1. The van der Waals surface area contributed by atoms with Gasteiger partial charge in [-0.1, -0.05) is 66.5 Å². The normalized spacial score (nSPS) is 13.7. The number of ether oxygens (including phenoxy) is 2. The first-order chi connectivity index (χ1) is 21.0. The Morgan fingerprint density at radius 1 is 0.955 bits per heavy atom. The fraction of sp³-hybridized carbons (Fsp3) is 0.375. The van der Waals surface area contributed by atoms with Crippen LogP contribution in [0.4, 0.5) is 5.69 Å². The monoisotopic (exact) mass is 661 g/mol. The van der Waals surface area contributed by atoms with Crippen molar-refractivity contribution >= 4 is 50.7 Å². The predicted molar refractivity (Wildman–Crippen MR) is 173 cm³/mol. The zero-order valence-corrected chi connectivity index (χ0v) is 27.3. The van der Waals surface area contributed by atoms with Gasteiger partial charge in [0.05, 0.1) is 22.0 Å². The van der Waals surface area contributed by atoms with Gasteiger partial charge in [-0.3, -0.25) is 13.9 Å². The molecule has 236 valence electrons. The van der Waals surface area contributed by atoms with E-state index in [2.05, 4.69) is 5.32 Å². The number of halogens is 2. The average molecular weight is 663 g/mol. The molecule has 1 aliphatic rings. The van der Waals surface area contributed by atoms with Crippen LogP contribution in [-0.4, -0.2) is 56.8 Å². The maximum atomic E-state index is 14.0. The van der Waals surface area contributed by atoms with Crippen LogP contribution >= 0.6 is 23.2 Å². The van der Waals surface area contributed by atoms with Crippen LogP contribution in [0.25, 0.3) is 0 Å². The Kier molecular flexibility index (Phi) is 11.4. The van der Waals surface area contributed by atoms with Gasteiger partial charge >= 0.3 is 0 Å². The SMILES string of the molecule is CC[C@H](C)NC(=O)[C@@H](Cc1ccccc1)N(Cc1ccc(Cl)c(Cl)c1)C(=O)CCCN(c1ccc2c(c1)OCO2)S(C)(=O)=O. The largest absolute Gasteiger partial charge is 0.454 e. The van der Waals surface area contributed by atoms with Crippen LogP contribution in [-0.2, 0) is 32.6 Å². The van der Waals surface area contributed by atoms with Gasteiger partial charge in [0.25, 0.3) is 0 Å². The third-order valence-electron chi connectivity index (χ3n) is 7.41. The van der Waals surface area contributed by atoms with Crippen molar-refractivity contribution in [2.75, 3.05) is 23.9 Å². The average Bonchev–Trinajstić information content (AvgIpc) is 3.46. The zero-order chi connectivity index (χ0) is 31.9. The number of carbonyl (C=O) groups excluding carboxylic acids is 2. The van der Waals surface area contributed by atoms with Gasteiger partial charge in [0.2, 0.25) is 28.6 Å². The molecule has 12 heteroatoms. The highest BCUT2D eigenvalue weighted by molar-refractivity contribution is 7.92. The lowest BCUT2D eigenvalue weighted by Gasteiger charge is -2.33. The number of hydrogen-bond acceptors (Lipinski definition) is 6. The molecule has 3 aromatic rings. The fourth-order valence-electron chi connectivity index (χ4n) is 4.87. The first-order valence-corrected chi connectivity index (χ1v) is 17.0. The molecule has 0 bridgehead atoms. The maximum absolute atomic E-state index is 14.0. The molecule has 0 spiro atoms. The number of carbonyl (C=O) groups is 2. The van der Waals surface area contributed by atoms with Crippen LogP contribution in [0, 0.1) is 0 Å². The van der Waals surface area contributed by atoms with Crippen molar-refractivity contribution in [2.24, 2.45) is 0 Å². The number of nitrogens with zero attached hydrogens (tertiary/aromatic N) is 2. The number of rotatable bonds is 14. The zero-order valence-electron chi connectivity index (χ0n) is 25.0. The van der Waals surface area contributed by atoms with E-state index >= 15 is 0 Å². The molecule has 44 heavy (non-hydrogen) atoms. The van der Waals surface area contributed by atoms with Crippen LogP contribution in [0.3, 0.4) is 0 Å². The minimum absolute atomic E-state index is 0.000204. The van der Waals surface area contributed by atoms with E-state index in [4.69, 9.17) is 32.7 Å². The van der Waals surface area contributed by atoms with Gasteiger partial charge in [0.15, 0.2) is 11.5 Å². The highest BCUT2D eigenvalue weighted by Gasteiger charge is 2.31. The molecule has 0 unspecified atom stereocenters. The van der Waals surface area contributed by atoms with Gasteiger partial charge in [-0.15, -0.1) is 0 Å². The molecule has 2 amide bonds. The van der Waals surface area contributed by atoms with E-state index in [-0.39, 0.29) is 50.6 Å². The summed E-state index contributed by atoms with van der Waals surface area (Å²) >= 11 is 12.4. The summed E-state index contributed by atoms with van der Waals surface area (Å²) in [4.78, 5) is 29.2. The van der Waals surface area contributed by atoms with Crippen LogP contribution in [0.1, 0.15) is 44.2 Å². The summed E-state index contributed by atoms with van der Waals surface area (Å²) in [6.07, 6.45) is 2.35. The van der Waals surface area contributed by atoms with Crippen molar-refractivity contribution in [1.29, 1.82) is 0 Å². The predicted octanol–water partition coefficient (Wildman–Crippen LogP) is 5.82. The number of benzene rings is 3. The first kappa shape index (κ1) is 33.4. The van der Waals surface area contributed by atoms with Gasteiger partial charge in [-0.2, -0.15) is 0 Å². The standard InChI is InChI=1S/C32H37Cl2N3O6S/c1-4-22(2)35-32(39)28(18-23-9-6-5-7-10-23)36(20-24-12-14-26(33)27(34)17-24)31(38)11-8-16-37(44(3,40)41)25-13-15-29-30(19-25)43-21-42-29/h5-7,9-10,12-15,17,19,22,28H,4,8,11,16,18,20-21H2,1-3H3,(H,35,39)/t22-,28+/m0/s1. The lowest BCUT2D eigenvalue weighted by Crippen LogP contribution is -2.52. The summed E-state index contributed by atoms with van der Waals surface area (Å²) in [7, 11) is -3.68. The molecule has 9 nitrogen and oxygen atoms in total. The summed E-state index contributed by atoms with van der Waals surface area (Å²) in [6, 6.07) is 18.6. The molecule has 4 rings (SSSR count). The Bertz CT molecular complexity index is 1570. The molecular weight excluding hydrogens is 625 g/mol. The minimum Gasteiger partial charge on any atom is -0.454 e. The van der Waals surface area contributed by atoms with E-state index in [0.717, 1.165) is 18.2 Å². The van der Waals surface area contributed by atoms with E-state index in [1.165, 1.54) is 4.31 Å². The van der Waals surface area contributed by atoms with E-state index < -0.39 is 16.1 Å². The van der Waals surface area contributed by atoms with Crippen LogP contribution in [0.5, 0.6) is 11.5 Å². The topological polar surface area (TPSA) is 105 Å². The van der Waals surface area contributed by atoms with E-state index in [9.17, 15) is 18.0 Å². The Labute approximate surface area is 269 Å². The molecule has 0 radical (unpaired) electrons. The Morgan fingerprint density at radius 3 is 2.36 bits per heavy atom. The Hall–Kier alpha value is -3.47. The quantitative estimate of drug-likeness (QED) is 0.233. The highest BCUT2D eigenvalue weighted by Crippen LogP contribution is 2.36. The number of sulfonamides is 1. The second-order valence-corrected chi connectivity index (χ2v) is 13.5. The van der Waals surface area contributed by atoms with Gasteiger partial charge in [0.1, 0.15) is 6.04 Å². The lowest BCUT2D eigenvalue weighted by molar-refractivity contribution is -0.141. The van der Waals surface area contributed by atoms with Crippen molar-refractivity contribution in [3.63, 3.8) is 0 Å². The Morgan fingerprint density at radius 2 is 1.68 bits per heavy atom. The molecule has 3 aromatic carbocycles. The van der Waals surface area contributed by atoms with Crippen LogP contribution < -0.4 is 19.1 Å². The van der Waals surface area contributed by atoms with E-state index in [1.807, 2.05) is 44.2 Å². The molecule has 1 N–H and O–H groups in total. The molecule has 0 aromatic heterocycles. The number of anilines is 1. The third-order valence-corrected chi connectivity index (χ3v) is 9.34. The molecular formula is C32H37Cl2N3O6S.